The maximum atomic E-state index is 11.7. The molecule has 0 bridgehead atoms. The normalized spacial score (nSPS) is 16.3. The Morgan fingerprint density at radius 3 is 2.84 bits per heavy atom. The van der Waals surface area contributed by atoms with E-state index in [0.717, 1.165) is 30.1 Å². The third-order valence-electron chi connectivity index (χ3n) is 6.07. The number of carbonyl (C=O) groups is 1. The third-order valence-corrected chi connectivity index (χ3v) is 6.07. The number of ether oxygens (including phenoxy) is 2. The summed E-state index contributed by atoms with van der Waals surface area (Å²) in [5.74, 6) is 0.720. The molecule has 3 aromatic carbocycles. The zero-order valence-electron chi connectivity index (χ0n) is 19.1. The first-order chi connectivity index (χ1) is 15.5. The van der Waals surface area contributed by atoms with E-state index in [1.807, 2.05) is 6.92 Å². The average molecular weight is 433 g/mol. The first kappa shape index (κ1) is 22.2. The van der Waals surface area contributed by atoms with E-state index in [0.29, 0.717) is 19.4 Å². The van der Waals surface area contributed by atoms with E-state index in [1.54, 1.807) is 0 Å². The molecule has 0 aromatic heterocycles. The predicted octanol–water partition coefficient (Wildman–Crippen LogP) is 4.88. The summed E-state index contributed by atoms with van der Waals surface area (Å²) in [6, 6.07) is 21.4. The quantitative estimate of drug-likeness (QED) is 0.514. The summed E-state index contributed by atoms with van der Waals surface area (Å²) in [7, 11) is 2.10. The number of likely N-dealkylation sites (N-methyl/N-ethyl adjacent to an activating group) is 1. The molecule has 0 saturated heterocycles. The molecule has 5 nitrogen and oxygen atoms in total. The molecular formula is C27H32N2O3. The van der Waals surface area contributed by atoms with Crippen LogP contribution in [0.3, 0.4) is 0 Å². The fourth-order valence-electron chi connectivity index (χ4n) is 4.38. The van der Waals surface area contributed by atoms with Gasteiger partial charge in [0, 0.05) is 26.1 Å². The maximum absolute atomic E-state index is 11.7. The van der Waals surface area contributed by atoms with Gasteiger partial charge in [-0.25, -0.2) is 0 Å². The molecule has 32 heavy (non-hydrogen) atoms. The Kier molecular flexibility index (Phi) is 6.96. The SMILES string of the molecule is CCOC(=O)CCc1ccc2c(c1)OC(CNC(C)c1cccc3ccccc13)CN2C. The van der Waals surface area contributed by atoms with Crippen molar-refractivity contribution in [1.29, 1.82) is 0 Å². The maximum Gasteiger partial charge on any atom is 0.306 e. The number of esters is 1. The Balaban J connectivity index is 1.40. The van der Waals surface area contributed by atoms with Crippen LogP contribution in [0.25, 0.3) is 10.8 Å². The molecule has 0 aliphatic carbocycles. The number of anilines is 1. The van der Waals surface area contributed by atoms with Crippen LogP contribution in [0.2, 0.25) is 0 Å². The lowest BCUT2D eigenvalue weighted by atomic mass is 9.99. The summed E-state index contributed by atoms with van der Waals surface area (Å²) in [6.45, 7) is 6.03. The average Bonchev–Trinajstić information content (AvgIpc) is 2.81. The van der Waals surface area contributed by atoms with Gasteiger partial charge in [-0.15, -0.1) is 0 Å². The number of hydrogen-bond acceptors (Lipinski definition) is 5. The van der Waals surface area contributed by atoms with Gasteiger partial charge >= 0.3 is 5.97 Å². The van der Waals surface area contributed by atoms with Crippen LogP contribution in [0.4, 0.5) is 5.69 Å². The van der Waals surface area contributed by atoms with Crippen molar-refractivity contribution in [2.24, 2.45) is 0 Å². The fourth-order valence-corrected chi connectivity index (χ4v) is 4.38. The molecule has 0 fully saturated rings. The zero-order valence-corrected chi connectivity index (χ0v) is 19.1. The Bertz CT molecular complexity index is 1080. The highest BCUT2D eigenvalue weighted by molar-refractivity contribution is 5.86. The van der Waals surface area contributed by atoms with E-state index in [-0.39, 0.29) is 18.1 Å². The van der Waals surface area contributed by atoms with Crippen molar-refractivity contribution in [2.45, 2.75) is 38.8 Å². The van der Waals surface area contributed by atoms with Crippen LogP contribution >= 0.6 is 0 Å². The fraction of sp³-hybridized carbons (Fsp3) is 0.370. The van der Waals surface area contributed by atoms with Crippen LogP contribution in [0, 0.1) is 0 Å². The van der Waals surface area contributed by atoms with E-state index in [9.17, 15) is 4.79 Å². The summed E-state index contributed by atoms with van der Waals surface area (Å²) in [4.78, 5) is 13.9. The molecule has 0 radical (unpaired) electrons. The van der Waals surface area contributed by atoms with Crippen molar-refractivity contribution in [3.8, 4) is 5.75 Å². The van der Waals surface area contributed by atoms with Gasteiger partial charge in [-0.05, 0) is 54.3 Å². The highest BCUT2D eigenvalue weighted by Gasteiger charge is 2.24. The standard InChI is InChI=1S/C27H32N2O3/c1-4-31-27(30)15-13-20-12-14-25-26(16-20)32-22(18-29(25)3)17-28-19(2)23-11-7-9-21-8-5-6-10-24(21)23/h5-12,14,16,19,22,28H,4,13,15,17-18H2,1-3H3. The molecule has 4 rings (SSSR count). The van der Waals surface area contributed by atoms with E-state index < -0.39 is 0 Å². The van der Waals surface area contributed by atoms with Gasteiger partial charge < -0.3 is 19.7 Å². The molecule has 5 heteroatoms. The van der Waals surface area contributed by atoms with E-state index in [4.69, 9.17) is 9.47 Å². The number of hydrogen-bond donors (Lipinski definition) is 1. The number of nitrogens with one attached hydrogen (secondary N) is 1. The van der Waals surface area contributed by atoms with Gasteiger partial charge in [0.2, 0.25) is 0 Å². The first-order valence-corrected chi connectivity index (χ1v) is 11.4. The monoisotopic (exact) mass is 432 g/mol. The number of carbonyl (C=O) groups excluding carboxylic acids is 1. The highest BCUT2D eigenvalue weighted by Crippen LogP contribution is 2.34. The lowest BCUT2D eigenvalue weighted by Gasteiger charge is -2.35. The molecular weight excluding hydrogens is 400 g/mol. The minimum Gasteiger partial charge on any atom is -0.485 e. The van der Waals surface area contributed by atoms with Gasteiger partial charge in [-0.3, -0.25) is 4.79 Å². The topological polar surface area (TPSA) is 50.8 Å². The van der Waals surface area contributed by atoms with E-state index in [2.05, 4.69) is 84.9 Å². The Hall–Kier alpha value is -3.05. The first-order valence-electron chi connectivity index (χ1n) is 11.4. The van der Waals surface area contributed by atoms with Crippen LogP contribution in [0.15, 0.2) is 60.7 Å². The van der Waals surface area contributed by atoms with Gasteiger partial charge in [0.1, 0.15) is 11.9 Å². The van der Waals surface area contributed by atoms with Crippen molar-refractivity contribution >= 4 is 22.4 Å². The second-order valence-electron chi connectivity index (χ2n) is 8.43. The summed E-state index contributed by atoms with van der Waals surface area (Å²) >= 11 is 0. The van der Waals surface area contributed by atoms with Gasteiger partial charge in [0.05, 0.1) is 18.8 Å². The molecule has 1 heterocycles. The van der Waals surface area contributed by atoms with Gasteiger partial charge in [-0.2, -0.15) is 0 Å². The Morgan fingerprint density at radius 2 is 2.00 bits per heavy atom. The van der Waals surface area contributed by atoms with Crippen LogP contribution in [-0.2, 0) is 16.0 Å². The molecule has 0 spiro atoms. The second-order valence-corrected chi connectivity index (χ2v) is 8.43. The molecule has 168 valence electrons. The lowest BCUT2D eigenvalue weighted by Crippen LogP contribution is -2.44. The molecule has 1 aliphatic heterocycles. The van der Waals surface area contributed by atoms with Crippen LogP contribution in [0.1, 0.15) is 37.4 Å². The van der Waals surface area contributed by atoms with Crippen LogP contribution < -0.4 is 15.0 Å². The van der Waals surface area contributed by atoms with Crippen molar-refractivity contribution in [1.82, 2.24) is 5.32 Å². The molecule has 0 amide bonds. The number of benzene rings is 3. The van der Waals surface area contributed by atoms with Crippen LogP contribution in [0.5, 0.6) is 5.75 Å². The highest BCUT2D eigenvalue weighted by atomic mass is 16.5. The number of rotatable bonds is 8. The molecule has 1 N–H and O–H groups in total. The molecule has 2 atom stereocenters. The predicted molar refractivity (Wildman–Crippen MR) is 129 cm³/mol. The Labute approximate surface area is 190 Å². The number of nitrogens with zero attached hydrogens (tertiary/aromatic N) is 1. The molecule has 0 saturated carbocycles. The molecule has 2 unspecified atom stereocenters. The second kappa shape index (κ2) is 10.0. The number of aryl methyl sites for hydroxylation is 1. The molecule has 3 aromatic rings. The molecule has 1 aliphatic rings. The largest absolute Gasteiger partial charge is 0.485 e. The summed E-state index contributed by atoms with van der Waals surface area (Å²) in [5.41, 5.74) is 3.47. The van der Waals surface area contributed by atoms with E-state index in [1.165, 1.54) is 16.3 Å². The van der Waals surface area contributed by atoms with Gasteiger partial charge in [0.25, 0.3) is 0 Å². The summed E-state index contributed by atoms with van der Waals surface area (Å²) in [6.07, 6.45) is 1.08. The smallest absolute Gasteiger partial charge is 0.306 e. The number of fused-ring (bicyclic) bond motifs is 2. The van der Waals surface area contributed by atoms with Crippen molar-refractivity contribution in [3.05, 3.63) is 71.8 Å². The van der Waals surface area contributed by atoms with Crippen molar-refractivity contribution in [3.63, 3.8) is 0 Å². The Morgan fingerprint density at radius 1 is 1.19 bits per heavy atom. The van der Waals surface area contributed by atoms with Crippen LogP contribution in [-0.4, -0.2) is 38.8 Å². The summed E-state index contributed by atoms with van der Waals surface area (Å²) < 4.78 is 11.4. The lowest BCUT2D eigenvalue weighted by molar-refractivity contribution is -0.143. The third kappa shape index (κ3) is 5.05. The van der Waals surface area contributed by atoms with E-state index >= 15 is 0 Å². The minimum atomic E-state index is -0.159. The zero-order chi connectivity index (χ0) is 22.5. The summed E-state index contributed by atoms with van der Waals surface area (Å²) in [5, 5.41) is 6.21. The van der Waals surface area contributed by atoms with Gasteiger partial charge in [-0.1, -0.05) is 48.5 Å². The van der Waals surface area contributed by atoms with Gasteiger partial charge in [0.15, 0.2) is 0 Å². The van der Waals surface area contributed by atoms with Crippen molar-refractivity contribution < 1.29 is 14.3 Å². The van der Waals surface area contributed by atoms with Crippen molar-refractivity contribution in [2.75, 3.05) is 31.6 Å². The minimum absolute atomic E-state index is 0.0465.